The smallest absolute Gasteiger partial charge is 0.327 e. The van der Waals surface area contributed by atoms with Gasteiger partial charge in [0, 0.05) is 18.8 Å². The summed E-state index contributed by atoms with van der Waals surface area (Å²) in [6.07, 6.45) is 3.48. The van der Waals surface area contributed by atoms with Crippen molar-refractivity contribution in [1.29, 1.82) is 0 Å². The maximum absolute atomic E-state index is 11.6. The summed E-state index contributed by atoms with van der Waals surface area (Å²) in [6, 6.07) is -0.413. The Labute approximate surface area is 89.4 Å². The normalized spacial score (nSPS) is 12.5. The van der Waals surface area contributed by atoms with Crippen molar-refractivity contribution < 1.29 is 9.53 Å². The first-order valence-corrected chi connectivity index (χ1v) is 5.07. The fraction of sp³-hybridized carbons (Fsp3) is 0.600. The average molecular weight is 211 g/mol. The zero-order valence-corrected chi connectivity index (χ0v) is 9.36. The number of likely N-dealkylation sites (N-methyl/N-ethyl adjacent to an activating group) is 1. The number of hydrogen-bond acceptors (Lipinski definition) is 4. The van der Waals surface area contributed by atoms with E-state index in [1.165, 1.54) is 0 Å². The van der Waals surface area contributed by atoms with E-state index in [2.05, 4.69) is 10.4 Å². The summed E-state index contributed by atoms with van der Waals surface area (Å²) in [5.41, 5.74) is 0.831. The van der Waals surface area contributed by atoms with Gasteiger partial charge in [0.05, 0.1) is 12.8 Å². The van der Waals surface area contributed by atoms with Crippen molar-refractivity contribution in [3.63, 3.8) is 0 Å². The third-order valence-corrected chi connectivity index (χ3v) is 1.99. The Balaban J connectivity index is 2.77. The van der Waals surface area contributed by atoms with E-state index in [9.17, 15) is 4.79 Å². The van der Waals surface area contributed by atoms with Crippen LogP contribution in [0.2, 0.25) is 0 Å². The third-order valence-electron chi connectivity index (χ3n) is 1.99. The van der Waals surface area contributed by atoms with E-state index >= 15 is 0 Å². The first kappa shape index (κ1) is 11.7. The van der Waals surface area contributed by atoms with Crippen LogP contribution in [0.3, 0.4) is 0 Å². The zero-order chi connectivity index (χ0) is 11.3. The molecule has 1 unspecified atom stereocenters. The van der Waals surface area contributed by atoms with Crippen molar-refractivity contribution in [2.75, 3.05) is 13.2 Å². The Hall–Kier alpha value is -1.36. The Morgan fingerprint density at radius 3 is 2.87 bits per heavy atom. The molecule has 15 heavy (non-hydrogen) atoms. The summed E-state index contributed by atoms with van der Waals surface area (Å²) in [5.74, 6) is -0.257. The van der Waals surface area contributed by atoms with Crippen LogP contribution in [0.1, 0.15) is 25.5 Å². The van der Waals surface area contributed by atoms with E-state index in [0.29, 0.717) is 13.2 Å². The van der Waals surface area contributed by atoms with E-state index in [0.717, 1.165) is 5.56 Å². The highest BCUT2D eigenvalue weighted by Gasteiger charge is 2.21. The molecular formula is C10H17N3O2. The second kappa shape index (κ2) is 5.50. The molecule has 1 atom stereocenters. The molecule has 0 saturated heterocycles. The zero-order valence-electron chi connectivity index (χ0n) is 9.36. The average Bonchev–Trinajstić information content (AvgIpc) is 2.61. The topological polar surface area (TPSA) is 56.1 Å². The lowest BCUT2D eigenvalue weighted by atomic mass is 10.1. The first-order valence-electron chi connectivity index (χ1n) is 5.07. The van der Waals surface area contributed by atoms with Gasteiger partial charge in [0.2, 0.25) is 0 Å². The quantitative estimate of drug-likeness (QED) is 0.726. The summed E-state index contributed by atoms with van der Waals surface area (Å²) in [4.78, 5) is 11.6. The molecule has 0 fully saturated rings. The van der Waals surface area contributed by atoms with Crippen LogP contribution in [0.4, 0.5) is 0 Å². The number of aryl methyl sites for hydroxylation is 1. The minimum atomic E-state index is -0.413. The van der Waals surface area contributed by atoms with Gasteiger partial charge in [-0.3, -0.25) is 4.68 Å². The van der Waals surface area contributed by atoms with Crippen LogP contribution in [0.5, 0.6) is 0 Å². The lowest BCUT2D eigenvalue weighted by molar-refractivity contribution is -0.145. The number of esters is 1. The molecule has 0 aliphatic rings. The highest BCUT2D eigenvalue weighted by Crippen LogP contribution is 2.13. The summed E-state index contributed by atoms with van der Waals surface area (Å²) in [6.45, 7) is 4.84. The predicted molar refractivity (Wildman–Crippen MR) is 56.3 cm³/mol. The molecule has 0 spiro atoms. The maximum Gasteiger partial charge on any atom is 0.327 e. The van der Waals surface area contributed by atoms with Gasteiger partial charge in [0.15, 0.2) is 0 Å². The monoisotopic (exact) mass is 211 g/mol. The minimum absolute atomic E-state index is 0.257. The second-order valence-corrected chi connectivity index (χ2v) is 3.19. The van der Waals surface area contributed by atoms with Crippen molar-refractivity contribution in [2.45, 2.75) is 19.9 Å². The number of nitrogens with one attached hydrogen (secondary N) is 1. The van der Waals surface area contributed by atoms with Crippen LogP contribution in [-0.4, -0.2) is 28.9 Å². The highest BCUT2D eigenvalue weighted by atomic mass is 16.5. The maximum atomic E-state index is 11.6. The molecule has 1 N–H and O–H groups in total. The Morgan fingerprint density at radius 2 is 2.40 bits per heavy atom. The van der Waals surface area contributed by atoms with Gasteiger partial charge in [0.25, 0.3) is 0 Å². The highest BCUT2D eigenvalue weighted by molar-refractivity contribution is 5.77. The van der Waals surface area contributed by atoms with E-state index in [1.807, 2.05) is 20.2 Å². The molecule has 0 radical (unpaired) electrons. The van der Waals surface area contributed by atoms with Gasteiger partial charge in [-0.2, -0.15) is 5.10 Å². The number of aromatic nitrogens is 2. The molecule has 0 amide bonds. The molecule has 0 aliphatic carbocycles. The van der Waals surface area contributed by atoms with Crippen molar-refractivity contribution in [2.24, 2.45) is 7.05 Å². The van der Waals surface area contributed by atoms with Gasteiger partial charge in [0.1, 0.15) is 6.04 Å². The van der Waals surface area contributed by atoms with Crippen molar-refractivity contribution in [3.05, 3.63) is 18.0 Å². The molecular weight excluding hydrogens is 194 g/mol. The van der Waals surface area contributed by atoms with Crippen molar-refractivity contribution >= 4 is 5.97 Å². The Bertz CT molecular complexity index is 322. The molecule has 5 heteroatoms. The van der Waals surface area contributed by atoms with Crippen LogP contribution >= 0.6 is 0 Å². The number of nitrogens with zero attached hydrogens (tertiary/aromatic N) is 2. The lowest BCUT2D eigenvalue weighted by Crippen LogP contribution is -2.29. The van der Waals surface area contributed by atoms with Gasteiger partial charge >= 0.3 is 5.97 Å². The van der Waals surface area contributed by atoms with Gasteiger partial charge in [-0.1, -0.05) is 6.92 Å². The predicted octanol–water partition coefficient (Wildman–Crippen LogP) is 0.634. The minimum Gasteiger partial charge on any atom is -0.465 e. The summed E-state index contributed by atoms with van der Waals surface area (Å²) < 4.78 is 6.65. The molecule has 1 aromatic rings. The number of carbonyl (C=O) groups is 1. The Morgan fingerprint density at radius 1 is 1.67 bits per heavy atom. The number of rotatable bonds is 5. The van der Waals surface area contributed by atoms with E-state index in [1.54, 1.807) is 17.8 Å². The molecule has 0 aliphatic heterocycles. The fourth-order valence-corrected chi connectivity index (χ4v) is 1.36. The van der Waals surface area contributed by atoms with E-state index in [4.69, 9.17) is 4.74 Å². The van der Waals surface area contributed by atoms with E-state index in [-0.39, 0.29) is 5.97 Å². The van der Waals surface area contributed by atoms with Gasteiger partial charge in [-0.25, -0.2) is 4.79 Å². The summed E-state index contributed by atoms with van der Waals surface area (Å²) in [7, 11) is 1.82. The number of hydrogen-bond donors (Lipinski definition) is 1. The number of carbonyl (C=O) groups excluding carboxylic acids is 1. The molecule has 0 saturated carbocycles. The van der Waals surface area contributed by atoms with E-state index < -0.39 is 6.04 Å². The third kappa shape index (κ3) is 3.06. The van der Waals surface area contributed by atoms with Gasteiger partial charge in [-0.05, 0) is 13.5 Å². The molecule has 5 nitrogen and oxygen atoms in total. The molecule has 0 bridgehead atoms. The molecule has 1 aromatic heterocycles. The summed E-state index contributed by atoms with van der Waals surface area (Å²) >= 11 is 0. The molecule has 0 aromatic carbocycles. The first-order chi connectivity index (χ1) is 7.19. The van der Waals surface area contributed by atoms with Crippen LogP contribution in [0.15, 0.2) is 12.4 Å². The van der Waals surface area contributed by atoms with Crippen molar-refractivity contribution in [3.8, 4) is 0 Å². The van der Waals surface area contributed by atoms with Crippen LogP contribution in [-0.2, 0) is 16.6 Å². The Kier molecular flexibility index (Phi) is 4.30. The SMILES string of the molecule is CCNC(C(=O)OCC)c1cnn(C)c1. The van der Waals surface area contributed by atoms with Crippen LogP contribution < -0.4 is 5.32 Å². The van der Waals surface area contributed by atoms with Crippen LogP contribution in [0, 0.1) is 0 Å². The molecule has 1 heterocycles. The number of ether oxygens (including phenoxy) is 1. The van der Waals surface area contributed by atoms with Crippen LogP contribution in [0.25, 0.3) is 0 Å². The molecule has 84 valence electrons. The standard InChI is InChI=1S/C10H17N3O2/c1-4-11-9(10(14)15-5-2)8-6-12-13(3)7-8/h6-7,9,11H,4-5H2,1-3H3. The van der Waals surface area contributed by atoms with Crippen molar-refractivity contribution in [1.82, 2.24) is 15.1 Å². The van der Waals surface area contributed by atoms with Gasteiger partial charge < -0.3 is 10.1 Å². The largest absolute Gasteiger partial charge is 0.465 e. The second-order valence-electron chi connectivity index (χ2n) is 3.19. The lowest BCUT2D eigenvalue weighted by Gasteiger charge is -2.14. The summed E-state index contributed by atoms with van der Waals surface area (Å²) in [5, 5.41) is 7.10. The fourth-order valence-electron chi connectivity index (χ4n) is 1.36. The van der Waals surface area contributed by atoms with Gasteiger partial charge in [-0.15, -0.1) is 0 Å². The molecule has 1 rings (SSSR count).